The first kappa shape index (κ1) is 25.1. The third-order valence-electron chi connectivity index (χ3n) is 4.84. The average Bonchev–Trinajstić information content (AvgIpc) is 3.14. The van der Waals surface area contributed by atoms with Crippen LogP contribution < -0.4 is 9.52 Å². The Morgan fingerprint density at radius 2 is 1.86 bits per heavy atom. The molecule has 35 heavy (non-hydrogen) atoms. The Morgan fingerprint density at radius 1 is 1.11 bits per heavy atom. The fourth-order valence-corrected chi connectivity index (χ4v) is 5.93. The van der Waals surface area contributed by atoms with Gasteiger partial charge in [0.1, 0.15) is 6.54 Å². The van der Waals surface area contributed by atoms with Gasteiger partial charge in [0.15, 0.2) is 4.80 Å². The summed E-state index contributed by atoms with van der Waals surface area (Å²) in [5.41, 5.74) is 1.09. The minimum absolute atomic E-state index is 0.0311. The molecule has 8 nitrogen and oxygen atoms in total. The van der Waals surface area contributed by atoms with Crippen molar-refractivity contribution in [1.29, 1.82) is 0 Å². The van der Waals surface area contributed by atoms with E-state index in [0.29, 0.717) is 9.82 Å². The molecule has 0 spiro atoms. The van der Waals surface area contributed by atoms with Crippen LogP contribution in [0.2, 0.25) is 5.02 Å². The molecule has 0 radical (unpaired) electrons. The molecule has 0 fully saturated rings. The van der Waals surface area contributed by atoms with E-state index in [2.05, 4.69) is 25.6 Å². The number of rotatable bonds is 6. The Bertz CT molecular complexity index is 1610. The molecule has 4 rings (SSSR count). The number of hydrogen-bond donors (Lipinski definition) is 1. The van der Waals surface area contributed by atoms with Crippen LogP contribution in [0.25, 0.3) is 10.2 Å². The summed E-state index contributed by atoms with van der Waals surface area (Å²) in [6, 6.07) is 17.2. The second-order valence-electron chi connectivity index (χ2n) is 7.22. The standard InChI is InChI=1S/C23H17BrClN3O5S2/c1-33-21(29)13-28-19-10-5-15(24)12-20(19)34-23(28)26-22(30)14-3-2-4-17(11-14)27-35(31,32)18-8-6-16(25)7-9-18/h2-12,27H,13H2,1H3. The molecular formula is C23H17BrClN3O5S2. The van der Waals surface area contributed by atoms with Gasteiger partial charge in [0.2, 0.25) is 0 Å². The van der Waals surface area contributed by atoms with Crippen LogP contribution in [-0.4, -0.2) is 32.0 Å². The molecule has 4 aromatic rings. The summed E-state index contributed by atoms with van der Waals surface area (Å²) in [5, 5.41) is 0.413. The van der Waals surface area contributed by atoms with Crippen LogP contribution in [0.15, 0.2) is 81.1 Å². The van der Waals surface area contributed by atoms with Crippen molar-refractivity contribution in [2.75, 3.05) is 11.8 Å². The second-order valence-corrected chi connectivity index (χ2v) is 11.3. The SMILES string of the molecule is COC(=O)Cn1c(=NC(=O)c2cccc(NS(=O)(=O)c3ccc(Cl)cc3)c2)sc2cc(Br)ccc21. The molecule has 1 aromatic heterocycles. The summed E-state index contributed by atoms with van der Waals surface area (Å²) in [7, 11) is -2.60. The lowest BCUT2D eigenvalue weighted by molar-refractivity contribution is -0.141. The predicted molar refractivity (Wildman–Crippen MR) is 138 cm³/mol. The van der Waals surface area contributed by atoms with Gasteiger partial charge in [-0.3, -0.25) is 14.3 Å². The van der Waals surface area contributed by atoms with E-state index in [9.17, 15) is 18.0 Å². The first-order chi connectivity index (χ1) is 16.7. The van der Waals surface area contributed by atoms with Crippen molar-refractivity contribution in [3.8, 4) is 0 Å². The number of carbonyl (C=O) groups is 2. The van der Waals surface area contributed by atoms with Crippen molar-refractivity contribution >= 4 is 76.7 Å². The largest absolute Gasteiger partial charge is 0.468 e. The van der Waals surface area contributed by atoms with E-state index >= 15 is 0 Å². The zero-order valence-electron chi connectivity index (χ0n) is 18.1. The zero-order chi connectivity index (χ0) is 25.2. The molecule has 0 aliphatic rings. The molecular weight excluding hydrogens is 578 g/mol. The predicted octanol–water partition coefficient (Wildman–Crippen LogP) is 4.83. The molecule has 180 valence electrons. The maximum Gasteiger partial charge on any atom is 0.325 e. The highest BCUT2D eigenvalue weighted by Crippen LogP contribution is 2.23. The number of amides is 1. The number of halogens is 2. The number of benzene rings is 3. The number of hydrogen-bond acceptors (Lipinski definition) is 6. The van der Waals surface area contributed by atoms with Gasteiger partial charge < -0.3 is 9.30 Å². The van der Waals surface area contributed by atoms with E-state index in [-0.39, 0.29) is 22.7 Å². The average molecular weight is 595 g/mol. The Balaban J connectivity index is 1.68. The second kappa shape index (κ2) is 10.3. The van der Waals surface area contributed by atoms with Gasteiger partial charge in [-0.05, 0) is 60.7 Å². The summed E-state index contributed by atoms with van der Waals surface area (Å²) in [6.07, 6.45) is 0. The fourth-order valence-electron chi connectivity index (χ4n) is 3.17. The highest BCUT2D eigenvalue weighted by Gasteiger charge is 2.16. The minimum Gasteiger partial charge on any atom is -0.468 e. The number of nitrogens with zero attached hydrogens (tertiary/aromatic N) is 2. The van der Waals surface area contributed by atoms with E-state index in [1.54, 1.807) is 10.6 Å². The third-order valence-corrected chi connectivity index (χ3v) is 8.03. The maximum atomic E-state index is 13.0. The lowest BCUT2D eigenvalue weighted by Crippen LogP contribution is -2.22. The molecule has 0 saturated carbocycles. The number of nitrogens with one attached hydrogen (secondary N) is 1. The lowest BCUT2D eigenvalue weighted by atomic mass is 10.2. The number of sulfonamides is 1. The highest BCUT2D eigenvalue weighted by atomic mass is 79.9. The Hall–Kier alpha value is -2.99. The lowest BCUT2D eigenvalue weighted by Gasteiger charge is -2.09. The number of fused-ring (bicyclic) bond motifs is 1. The Kier molecular flexibility index (Phi) is 7.41. The van der Waals surface area contributed by atoms with Crippen molar-refractivity contribution < 1.29 is 22.7 Å². The van der Waals surface area contributed by atoms with E-state index < -0.39 is 21.9 Å². The molecule has 0 aliphatic carbocycles. The summed E-state index contributed by atoms with van der Waals surface area (Å²) in [5.74, 6) is -1.08. The number of methoxy groups -OCH3 is 1. The molecule has 1 heterocycles. The third kappa shape index (κ3) is 5.81. The topological polar surface area (TPSA) is 107 Å². The first-order valence-corrected chi connectivity index (χ1v) is 13.5. The molecule has 0 unspecified atom stereocenters. The molecule has 0 bridgehead atoms. The van der Waals surface area contributed by atoms with Gasteiger partial charge in [0.05, 0.1) is 22.2 Å². The van der Waals surface area contributed by atoms with Gasteiger partial charge in [-0.25, -0.2) is 8.42 Å². The van der Waals surface area contributed by atoms with Gasteiger partial charge >= 0.3 is 5.97 Å². The number of carbonyl (C=O) groups excluding carboxylic acids is 2. The van der Waals surface area contributed by atoms with Crippen molar-refractivity contribution in [2.45, 2.75) is 11.4 Å². The van der Waals surface area contributed by atoms with Gasteiger partial charge in [-0.1, -0.05) is 44.9 Å². The van der Waals surface area contributed by atoms with Crippen LogP contribution in [0.1, 0.15) is 10.4 Å². The van der Waals surface area contributed by atoms with E-state index in [0.717, 1.165) is 14.7 Å². The van der Waals surface area contributed by atoms with Crippen molar-refractivity contribution in [3.63, 3.8) is 0 Å². The molecule has 0 aliphatic heterocycles. The normalized spacial score (nSPS) is 12.0. The number of thiazole rings is 1. The Morgan fingerprint density at radius 3 is 2.57 bits per heavy atom. The quantitative estimate of drug-likeness (QED) is 0.322. The summed E-state index contributed by atoms with van der Waals surface area (Å²) < 4.78 is 35.8. The van der Waals surface area contributed by atoms with Crippen molar-refractivity contribution in [2.24, 2.45) is 4.99 Å². The summed E-state index contributed by atoms with van der Waals surface area (Å²) >= 11 is 10.5. The minimum atomic E-state index is -3.88. The fraction of sp³-hybridized carbons (Fsp3) is 0.0870. The maximum absolute atomic E-state index is 13.0. The van der Waals surface area contributed by atoms with Crippen LogP contribution in [0.3, 0.4) is 0 Å². The number of esters is 1. The molecule has 0 saturated heterocycles. The van der Waals surface area contributed by atoms with Crippen LogP contribution in [0.4, 0.5) is 5.69 Å². The van der Waals surface area contributed by atoms with Crippen LogP contribution in [0.5, 0.6) is 0 Å². The van der Waals surface area contributed by atoms with Crippen LogP contribution in [-0.2, 0) is 26.1 Å². The molecule has 0 atom stereocenters. The zero-order valence-corrected chi connectivity index (χ0v) is 22.0. The van der Waals surface area contributed by atoms with E-state index in [1.807, 2.05) is 18.2 Å². The summed E-state index contributed by atoms with van der Waals surface area (Å²) in [4.78, 5) is 29.5. The van der Waals surface area contributed by atoms with Gasteiger partial charge in [0.25, 0.3) is 15.9 Å². The highest BCUT2D eigenvalue weighted by molar-refractivity contribution is 9.10. The first-order valence-electron chi connectivity index (χ1n) is 9.99. The van der Waals surface area contributed by atoms with E-state index in [1.165, 1.54) is 60.9 Å². The van der Waals surface area contributed by atoms with Crippen molar-refractivity contribution in [1.82, 2.24) is 4.57 Å². The van der Waals surface area contributed by atoms with Crippen LogP contribution >= 0.6 is 38.9 Å². The Labute approximate surface area is 218 Å². The molecule has 1 N–H and O–H groups in total. The molecule has 3 aromatic carbocycles. The van der Waals surface area contributed by atoms with Gasteiger partial charge in [-0.15, -0.1) is 0 Å². The number of anilines is 1. The molecule has 12 heteroatoms. The van der Waals surface area contributed by atoms with Crippen molar-refractivity contribution in [3.05, 3.63) is 86.6 Å². The van der Waals surface area contributed by atoms with E-state index in [4.69, 9.17) is 16.3 Å². The monoisotopic (exact) mass is 593 g/mol. The summed E-state index contributed by atoms with van der Waals surface area (Å²) in [6.45, 7) is -0.120. The number of aromatic nitrogens is 1. The number of ether oxygens (including phenoxy) is 1. The smallest absolute Gasteiger partial charge is 0.325 e. The van der Waals surface area contributed by atoms with Gasteiger partial charge in [0, 0.05) is 20.7 Å². The van der Waals surface area contributed by atoms with Gasteiger partial charge in [-0.2, -0.15) is 4.99 Å². The molecule has 1 amide bonds. The van der Waals surface area contributed by atoms with Crippen LogP contribution in [0, 0.1) is 0 Å².